The molecule has 1 aliphatic rings. The maximum absolute atomic E-state index is 13.4. The Bertz CT molecular complexity index is 902. The van der Waals surface area contributed by atoms with Crippen molar-refractivity contribution in [3.63, 3.8) is 0 Å². The molecule has 1 fully saturated rings. The number of hydrogen-bond acceptors (Lipinski definition) is 3. The Kier molecular flexibility index (Phi) is 4.89. The van der Waals surface area contributed by atoms with Gasteiger partial charge in [0, 0.05) is 11.8 Å². The van der Waals surface area contributed by atoms with Gasteiger partial charge in [0.25, 0.3) is 0 Å². The van der Waals surface area contributed by atoms with Gasteiger partial charge in [0.05, 0.1) is 5.92 Å². The Hall–Kier alpha value is -2.23. The highest BCUT2D eigenvalue weighted by molar-refractivity contribution is 5.90. The second kappa shape index (κ2) is 6.68. The van der Waals surface area contributed by atoms with E-state index in [4.69, 9.17) is 0 Å². The summed E-state index contributed by atoms with van der Waals surface area (Å²) >= 11 is 0. The molecule has 0 radical (unpaired) electrons. The van der Waals surface area contributed by atoms with Crippen LogP contribution in [0.5, 0.6) is 0 Å². The summed E-state index contributed by atoms with van der Waals surface area (Å²) in [7, 11) is 0. The van der Waals surface area contributed by atoms with Gasteiger partial charge in [-0.3, -0.25) is 4.79 Å². The monoisotopic (exact) mass is 378 g/mol. The van der Waals surface area contributed by atoms with E-state index in [-0.39, 0.29) is 12.2 Å². The summed E-state index contributed by atoms with van der Waals surface area (Å²) in [5.41, 5.74) is -0.326. The Balaban J connectivity index is 2.27. The number of carbonyl (C=O) groups excluding carboxylic acids is 1. The molecule has 1 saturated carbocycles. The Morgan fingerprint density at radius 2 is 1.36 bits per heavy atom. The van der Waals surface area contributed by atoms with E-state index in [2.05, 4.69) is 6.58 Å². The van der Waals surface area contributed by atoms with Crippen LogP contribution in [0.25, 0.3) is 0 Å². The SMILES string of the molecule is C=C1C[C@](O)(c2ccc(C)cc2)[C@](O)(c2ccc(C)cc2)C1C(=O)C(C)(C)C. The zero-order valence-electron chi connectivity index (χ0n) is 17.4. The molecule has 2 aromatic carbocycles. The van der Waals surface area contributed by atoms with E-state index in [1.165, 1.54) is 0 Å². The lowest BCUT2D eigenvalue weighted by Gasteiger charge is -2.43. The summed E-state index contributed by atoms with van der Waals surface area (Å²) in [6.45, 7) is 13.5. The highest BCUT2D eigenvalue weighted by Gasteiger charge is 2.65. The van der Waals surface area contributed by atoms with Crippen LogP contribution in [0.2, 0.25) is 0 Å². The number of rotatable bonds is 3. The Labute approximate surface area is 167 Å². The van der Waals surface area contributed by atoms with E-state index < -0.39 is 22.5 Å². The van der Waals surface area contributed by atoms with Crippen molar-refractivity contribution >= 4 is 5.78 Å². The average Bonchev–Trinajstić information content (AvgIpc) is 2.82. The number of aliphatic hydroxyl groups is 2. The average molecular weight is 379 g/mol. The zero-order valence-corrected chi connectivity index (χ0v) is 17.4. The predicted molar refractivity (Wildman–Crippen MR) is 112 cm³/mol. The molecule has 0 aromatic heterocycles. The minimum absolute atomic E-state index is 0.122. The normalized spacial score (nSPS) is 27.8. The molecule has 28 heavy (non-hydrogen) atoms. The first-order chi connectivity index (χ1) is 12.9. The first-order valence-electron chi connectivity index (χ1n) is 9.72. The molecule has 0 amide bonds. The van der Waals surface area contributed by atoms with Crippen LogP contribution in [-0.2, 0) is 16.0 Å². The molecule has 3 nitrogen and oxygen atoms in total. The van der Waals surface area contributed by atoms with Crippen LogP contribution in [0, 0.1) is 25.2 Å². The second-order valence-corrected chi connectivity index (χ2v) is 9.24. The van der Waals surface area contributed by atoms with E-state index in [0.717, 1.165) is 11.1 Å². The molecule has 2 N–H and O–H groups in total. The summed E-state index contributed by atoms with van der Waals surface area (Å²) in [6.07, 6.45) is 0.132. The van der Waals surface area contributed by atoms with Crippen LogP contribution in [0.3, 0.4) is 0 Å². The third-order valence-corrected chi connectivity index (χ3v) is 5.96. The van der Waals surface area contributed by atoms with Crippen molar-refractivity contribution in [2.75, 3.05) is 0 Å². The molecule has 0 heterocycles. The number of hydrogen-bond donors (Lipinski definition) is 2. The van der Waals surface area contributed by atoms with Crippen LogP contribution < -0.4 is 0 Å². The molecule has 0 bridgehead atoms. The molecule has 0 spiro atoms. The molecule has 1 aliphatic carbocycles. The first kappa shape index (κ1) is 20.5. The fourth-order valence-electron chi connectivity index (χ4n) is 4.27. The Morgan fingerprint density at radius 3 is 1.79 bits per heavy atom. The largest absolute Gasteiger partial charge is 0.381 e. The van der Waals surface area contributed by atoms with Gasteiger partial charge in [-0.15, -0.1) is 0 Å². The molecule has 0 saturated heterocycles. The van der Waals surface area contributed by atoms with E-state index in [9.17, 15) is 15.0 Å². The summed E-state index contributed by atoms with van der Waals surface area (Å²) in [4.78, 5) is 13.4. The minimum atomic E-state index is -1.79. The standard InChI is InChI=1S/C25H30O3/c1-16-7-11-19(12-8-16)24(27)15-18(3)21(22(26)23(4,5)6)25(24,28)20-13-9-17(2)10-14-20/h7-14,21,27-28H,3,15H2,1-2,4-6H3/t21?,24-,25-/m0/s1. The summed E-state index contributed by atoms with van der Waals surface area (Å²) in [6, 6.07) is 14.9. The van der Waals surface area contributed by atoms with Gasteiger partial charge in [0.2, 0.25) is 0 Å². The van der Waals surface area contributed by atoms with E-state index in [1.54, 1.807) is 12.1 Å². The lowest BCUT2D eigenvalue weighted by Crippen LogP contribution is -2.52. The van der Waals surface area contributed by atoms with Crippen molar-refractivity contribution in [2.24, 2.45) is 11.3 Å². The van der Waals surface area contributed by atoms with Crippen LogP contribution in [0.1, 0.15) is 49.4 Å². The smallest absolute Gasteiger partial charge is 0.148 e. The number of Topliss-reactive ketones (excluding diaryl/α,β-unsaturated/α-hetero) is 1. The zero-order chi connectivity index (χ0) is 20.9. The summed E-state index contributed by atoms with van der Waals surface area (Å²) < 4.78 is 0. The maximum atomic E-state index is 13.4. The first-order valence-corrected chi connectivity index (χ1v) is 9.72. The second-order valence-electron chi connectivity index (χ2n) is 9.24. The molecular formula is C25H30O3. The molecule has 1 unspecified atom stereocenters. The van der Waals surface area contributed by atoms with Gasteiger partial charge >= 0.3 is 0 Å². The van der Waals surface area contributed by atoms with Crippen molar-refractivity contribution in [1.29, 1.82) is 0 Å². The van der Waals surface area contributed by atoms with Gasteiger partial charge < -0.3 is 10.2 Å². The lowest BCUT2D eigenvalue weighted by molar-refractivity contribution is -0.174. The third kappa shape index (κ3) is 3.03. The quantitative estimate of drug-likeness (QED) is 0.769. The number of ketones is 1. The molecule has 0 aliphatic heterocycles. The predicted octanol–water partition coefficient (Wildman–Crippen LogP) is 4.57. The molecule has 3 rings (SSSR count). The van der Waals surface area contributed by atoms with Crippen molar-refractivity contribution in [3.05, 3.63) is 82.9 Å². The third-order valence-electron chi connectivity index (χ3n) is 5.96. The van der Waals surface area contributed by atoms with Crippen molar-refractivity contribution in [3.8, 4) is 0 Å². The fourth-order valence-corrected chi connectivity index (χ4v) is 4.27. The molecule has 2 aromatic rings. The molecular weight excluding hydrogens is 348 g/mol. The van der Waals surface area contributed by atoms with Gasteiger partial charge in [-0.2, -0.15) is 0 Å². The van der Waals surface area contributed by atoms with Crippen LogP contribution >= 0.6 is 0 Å². The van der Waals surface area contributed by atoms with Crippen molar-refractivity contribution in [2.45, 2.75) is 52.2 Å². The van der Waals surface area contributed by atoms with E-state index in [1.807, 2.05) is 71.0 Å². The molecule has 3 heteroatoms. The van der Waals surface area contributed by atoms with Crippen molar-refractivity contribution < 1.29 is 15.0 Å². The Morgan fingerprint density at radius 1 is 0.929 bits per heavy atom. The molecule has 3 atom stereocenters. The van der Waals surface area contributed by atoms with Crippen LogP contribution in [-0.4, -0.2) is 16.0 Å². The number of aryl methyl sites for hydroxylation is 2. The highest BCUT2D eigenvalue weighted by atomic mass is 16.4. The highest BCUT2D eigenvalue weighted by Crippen LogP contribution is 2.59. The fraction of sp³-hybridized carbons (Fsp3) is 0.400. The van der Waals surface area contributed by atoms with Gasteiger partial charge in [-0.25, -0.2) is 0 Å². The minimum Gasteiger partial charge on any atom is -0.381 e. The van der Waals surface area contributed by atoms with Crippen LogP contribution in [0.15, 0.2) is 60.7 Å². The van der Waals surface area contributed by atoms with Crippen molar-refractivity contribution in [1.82, 2.24) is 0 Å². The summed E-state index contributed by atoms with van der Waals surface area (Å²) in [5.74, 6) is -1.01. The molecule has 148 valence electrons. The van der Waals surface area contributed by atoms with Gasteiger partial charge in [0.15, 0.2) is 0 Å². The number of carbonyl (C=O) groups is 1. The summed E-state index contributed by atoms with van der Waals surface area (Å²) in [5, 5.41) is 24.0. The van der Waals surface area contributed by atoms with Gasteiger partial charge in [-0.1, -0.05) is 92.6 Å². The lowest BCUT2D eigenvalue weighted by atomic mass is 9.67. The maximum Gasteiger partial charge on any atom is 0.148 e. The van der Waals surface area contributed by atoms with Gasteiger partial charge in [-0.05, 0) is 25.0 Å². The van der Waals surface area contributed by atoms with Gasteiger partial charge in [0.1, 0.15) is 17.0 Å². The van der Waals surface area contributed by atoms with E-state index in [0.29, 0.717) is 16.7 Å². The number of benzene rings is 2. The van der Waals surface area contributed by atoms with Crippen LogP contribution in [0.4, 0.5) is 0 Å². The topological polar surface area (TPSA) is 57.5 Å². The van der Waals surface area contributed by atoms with E-state index >= 15 is 0 Å².